The Morgan fingerprint density at radius 1 is 1.18 bits per heavy atom. The molecule has 2 aromatic rings. The summed E-state index contributed by atoms with van der Waals surface area (Å²) in [5.74, 6) is -1.07. The van der Waals surface area contributed by atoms with Gasteiger partial charge in [0.1, 0.15) is 11.4 Å². The molecule has 13 heteroatoms. The van der Waals surface area contributed by atoms with E-state index in [2.05, 4.69) is 29.5 Å². The van der Waals surface area contributed by atoms with Gasteiger partial charge in [-0.2, -0.15) is 26.6 Å². The molecule has 34 heavy (non-hydrogen) atoms. The van der Waals surface area contributed by atoms with E-state index in [1.807, 2.05) is 20.8 Å². The van der Waals surface area contributed by atoms with Crippen molar-refractivity contribution in [3.8, 4) is 5.75 Å². The minimum atomic E-state index is -6.01. The van der Waals surface area contributed by atoms with Crippen LogP contribution in [0.1, 0.15) is 55.1 Å². The number of carbonyl (C=O) groups excluding carboxylic acids is 1. The molecule has 0 bridgehead atoms. The van der Waals surface area contributed by atoms with Crippen LogP contribution in [-0.2, 0) is 21.3 Å². The van der Waals surface area contributed by atoms with Crippen LogP contribution >= 0.6 is 0 Å². The van der Waals surface area contributed by atoms with Gasteiger partial charge in [-0.1, -0.05) is 20.8 Å². The quantitative estimate of drug-likeness (QED) is 0.269. The molecule has 0 radical (unpaired) electrons. The van der Waals surface area contributed by atoms with E-state index < -0.39 is 32.9 Å². The Bertz CT molecular complexity index is 1140. The lowest BCUT2D eigenvalue weighted by Crippen LogP contribution is -2.29. The minimum Gasteiger partial charge on any atom is -0.465 e. The number of nitrogens with zero attached hydrogens (tertiary/aromatic N) is 2. The first-order valence-corrected chi connectivity index (χ1v) is 11.9. The molecule has 0 aliphatic heterocycles. The number of alkyl halides is 3. The lowest BCUT2D eigenvalue weighted by molar-refractivity contribution is -0.0500. The summed E-state index contributed by atoms with van der Waals surface area (Å²) >= 11 is 0. The van der Waals surface area contributed by atoms with Crippen molar-refractivity contribution >= 4 is 33.5 Å². The maximum atomic E-state index is 12.9. The van der Waals surface area contributed by atoms with E-state index in [-0.39, 0.29) is 29.7 Å². The van der Waals surface area contributed by atoms with Gasteiger partial charge in [0.25, 0.3) is 0 Å². The van der Waals surface area contributed by atoms with Gasteiger partial charge >= 0.3 is 21.6 Å². The van der Waals surface area contributed by atoms with Crippen molar-refractivity contribution in [3.63, 3.8) is 0 Å². The third-order valence-corrected chi connectivity index (χ3v) is 5.94. The normalized spacial score (nSPS) is 11.9. The van der Waals surface area contributed by atoms with Crippen molar-refractivity contribution < 1.29 is 35.3 Å². The number of aryl methyl sites for hydroxylation is 2. The number of nitrogens with one attached hydrogen (secondary N) is 2. The van der Waals surface area contributed by atoms with Crippen molar-refractivity contribution in [2.45, 2.75) is 58.5 Å². The predicted octanol–water partition coefficient (Wildman–Crippen LogP) is 4.71. The third kappa shape index (κ3) is 6.27. The average Bonchev–Trinajstić information content (AvgIpc) is 2.78. The molecule has 1 aromatic heterocycles. The van der Waals surface area contributed by atoms with E-state index in [1.165, 1.54) is 6.07 Å². The first-order chi connectivity index (χ1) is 15.9. The van der Waals surface area contributed by atoms with E-state index in [4.69, 9.17) is 0 Å². The SMILES string of the molecule is CCc1cc(Nc2ncc(C)c(NC(CC)CC)n2)cc(C(=O)OC)c1OS(=O)(=O)C(F)(F)F. The number of halogens is 3. The van der Waals surface area contributed by atoms with Crippen LogP contribution in [0.4, 0.5) is 30.6 Å². The maximum Gasteiger partial charge on any atom is 0.534 e. The number of hydrogen-bond donors (Lipinski definition) is 2. The highest BCUT2D eigenvalue weighted by molar-refractivity contribution is 7.88. The van der Waals surface area contributed by atoms with Crippen LogP contribution in [0.3, 0.4) is 0 Å². The molecule has 1 heterocycles. The zero-order valence-electron chi connectivity index (χ0n) is 19.4. The topological polar surface area (TPSA) is 120 Å². The number of rotatable bonds is 10. The van der Waals surface area contributed by atoms with E-state index in [0.717, 1.165) is 31.6 Å². The molecule has 0 aliphatic rings. The van der Waals surface area contributed by atoms with Crippen LogP contribution in [0.15, 0.2) is 18.3 Å². The van der Waals surface area contributed by atoms with Crippen LogP contribution in [0.5, 0.6) is 5.75 Å². The highest BCUT2D eigenvalue weighted by Crippen LogP contribution is 2.35. The van der Waals surface area contributed by atoms with Gasteiger partial charge in [-0.3, -0.25) is 0 Å². The molecule has 2 rings (SSSR count). The molecule has 0 unspecified atom stereocenters. The predicted molar refractivity (Wildman–Crippen MR) is 121 cm³/mol. The molecule has 0 saturated carbocycles. The standard InChI is InChI=1S/C21H27F3N4O5S/c1-6-13-9-15(27-20-25-11-12(4)18(28-20)26-14(7-2)8-3)10-16(19(29)32-5)17(13)33-34(30,31)21(22,23)24/h9-11,14H,6-8H2,1-5H3,(H2,25,26,27,28). The van der Waals surface area contributed by atoms with Crippen molar-refractivity contribution in [1.29, 1.82) is 0 Å². The molecule has 9 nitrogen and oxygen atoms in total. The average molecular weight is 505 g/mol. The van der Waals surface area contributed by atoms with Crippen molar-refractivity contribution in [3.05, 3.63) is 35.0 Å². The van der Waals surface area contributed by atoms with Crippen molar-refractivity contribution in [2.75, 3.05) is 17.7 Å². The summed E-state index contributed by atoms with van der Waals surface area (Å²) in [6.45, 7) is 7.49. The van der Waals surface area contributed by atoms with Gasteiger partial charge in [0, 0.05) is 23.5 Å². The minimum absolute atomic E-state index is 0.0284. The molecule has 0 saturated heterocycles. The van der Waals surface area contributed by atoms with Gasteiger partial charge in [0.2, 0.25) is 5.95 Å². The first kappa shape index (κ1) is 27.2. The fourth-order valence-electron chi connectivity index (χ4n) is 3.00. The number of hydrogen-bond acceptors (Lipinski definition) is 9. The van der Waals surface area contributed by atoms with Crippen LogP contribution in [0, 0.1) is 6.92 Å². The zero-order valence-corrected chi connectivity index (χ0v) is 20.2. The van der Waals surface area contributed by atoms with E-state index in [9.17, 15) is 26.4 Å². The number of anilines is 3. The second kappa shape index (κ2) is 10.9. The van der Waals surface area contributed by atoms with Crippen molar-refractivity contribution in [1.82, 2.24) is 9.97 Å². The molecule has 1 aromatic carbocycles. The summed E-state index contributed by atoms with van der Waals surface area (Å²) in [6, 6.07) is 2.67. The zero-order chi connectivity index (χ0) is 25.7. The van der Waals surface area contributed by atoms with E-state index >= 15 is 0 Å². The van der Waals surface area contributed by atoms with Gasteiger partial charge in [0.05, 0.1) is 7.11 Å². The van der Waals surface area contributed by atoms with Gasteiger partial charge < -0.3 is 19.6 Å². The Hall–Kier alpha value is -3.09. The Balaban J connectivity index is 2.51. The lowest BCUT2D eigenvalue weighted by atomic mass is 10.1. The third-order valence-electron chi connectivity index (χ3n) is 4.98. The second-order valence-corrected chi connectivity index (χ2v) is 8.89. The van der Waals surface area contributed by atoms with Gasteiger partial charge in [-0.15, -0.1) is 0 Å². The van der Waals surface area contributed by atoms with Gasteiger partial charge in [0.15, 0.2) is 5.75 Å². The number of carbonyl (C=O) groups is 1. The molecule has 0 atom stereocenters. The molecule has 2 N–H and O–H groups in total. The molecule has 0 spiro atoms. The molecule has 0 aliphatic carbocycles. The highest BCUT2D eigenvalue weighted by Gasteiger charge is 2.49. The van der Waals surface area contributed by atoms with E-state index in [1.54, 1.807) is 13.1 Å². The lowest BCUT2D eigenvalue weighted by Gasteiger charge is -2.19. The largest absolute Gasteiger partial charge is 0.534 e. The number of aromatic nitrogens is 2. The summed E-state index contributed by atoms with van der Waals surface area (Å²) in [7, 11) is -5.00. The number of esters is 1. The summed E-state index contributed by atoms with van der Waals surface area (Å²) in [4.78, 5) is 20.9. The van der Waals surface area contributed by atoms with Crippen LogP contribution in [0.2, 0.25) is 0 Å². The van der Waals surface area contributed by atoms with Crippen LogP contribution < -0.4 is 14.8 Å². The smallest absolute Gasteiger partial charge is 0.465 e. The summed E-state index contributed by atoms with van der Waals surface area (Å²) < 4.78 is 70.8. The van der Waals surface area contributed by atoms with Crippen LogP contribution in [0.25, 0.3) is 0 Å². The van der Waals surface area contributed by atoms with Crippen LogP contribution in [-0.4, -0.2) is 43.0 Å². The Morgan fingerprint density at radius 3 is 2.35 bits per heavy atom. The molecule has 0 amide bonds. The Morgan fingerprint density at radius 2 is 1.82 bits per heavy atom. The Labute approximate surface area is 196 Å². The summed E-state index contributed by atoms with van der Waals surface area (Å²) in [5, 5.41) is 6.22. The molecule has 0 fully saturated rings. The monoisotopic (exact) mass is 504 g/mol. The fraction of sp³-hybridized carbons (Fsp3) is 0.476. The van der Waals surface area contributed by atoms with E-state index in [0.29, 0.717) is 5.82 Å². The number of methoxy groups -OCH3 is 1. The van der Waals surface area contributed by atoms with Gasteiger partial charge in [-0.05, 0) is 43.9 Å². The molecule has 188 valence electrons. The van der Waals surface area contributed by atoms with Crippen molar-refractivity contribution in [2.24, 2.45) is 0 Å². The summed E-state index contributed by atoms with van der Waals surface area (Å²) in [6.07, 6.45) is 3.41. The first-order valence-electron chi connectivity index (χ1n) is 10.5. The number of benzene rings is 1. The molecular weight excluding hydrogens is 477 g/mol. The van der Waals surface area contributed by atoms with Gasteiger partial charge in [-0.25, -0.2) is 9.78 Å². The Kier molecular flexibility index (Phi) is 8.70. The highest BCUT2D eigenvalue weighted by atomic mass is 32.2. The molecular formula is C21H27F3N4O5S. The maximum absolute atomic E-state index is 12.9. The summed E-state index contributed by atoms with van der Waals surface area (Å²) in [5.41, 5.74) is -5.11. The number of ether oxygens (including phenoxy) is 1. The fourth-order valence-corrected chi connectivity index (χ4v) is 3.52. The second-order valence-electron chi connectivity index (χ2n) is 7.35.